The summed E-state index contributed by atoms with van der Waals surface area (Å²) in [7, 11) is 1.71. The van der Waals surface area contributed by atoms with Crippen molar-refractivity contribution in [3.8, 4) is 0 Å². The number of rotatable bonds is 16. The molecule has 0 bridgehead atoms. The zero-order chi connectivity index (χ0) is 31.2. The van der Waals surface area contributed by atoms with Gasteiger partial charge in [-0.1, -0.05) is 32.8 Å². The second-order valence-electron chi connectivity index (χ2n) is 12.9. The maximum absolute atomic E-state index is 13.0. The molecule has 2 aliphatic heterocycles. The van der Waals surface area contributed by atoms with E-state index in [0.717, 1.165) is 12.8 Å². The molecule has 2 rings (SSSR count). The SMILES string of the molecule is CC[C@@H](O)[C@@]1(C)OC(=O)N(CCCCN=[N+]=[N-])[C@@H]1[C@@H](C)C[C@H](C)C[C@@](C)(OC)[C@H](C)CC1=C(C)C(=O)OC(C)(C)O1. The fourth-order valence-corrected chi connectivity index (χ4v) is 6.53. The number of esters is 1. The molecular weight excluding hydrogens is 528 g/mol. The highest BCUT2D eigenvalue weighted by Crippen LogP contribution is 2.42. The van der Waals surface area contributed by atoms with Gasteiger partial charge in [0.05, 0.1) is 23.3 Å². The molecule has 1 saturated heterocycles. The van der Waals surface area contributed by atoms with Crippen LogP contribution in [0.1, 0.15) is 101 Å². The number of methoxy groups -OCH3 is 1. The highest BCUT2D eigenvalue weighted by Gasteiger charge is 2.56. The number of aliphatic hydroxyl groups is 1. The first kappa shape index (κ1) is 34.7. The molecule has 11 heteroatoms. The van der Waals surface area contributed by atoms with E-state index in [1.54, 1.807) is 32.8 Å². The molecule has 0 aromatic carbocycles. The van der Waals surface area contributed by atoms with Crippen molar-refractivity contribution in [3.05, 3.63) is 21.8 Å². The Morgan fingerprint density at radius 1 is 1.17 bits per heavy atom. The van der Waals surface area contributed by atoms with E-state index >= 15 is 0 Å². The number of aliphatic hydroxyl groups excluding tert-OH is 1. The molecule has 0 aromatic heterocycles. The van der Waals surface area contributed by atoms with Crippen LogP contribution in [0.15, 0.2) is 16.4 Å². The van der Waals surface area contributed by atoms with Crippen molar-refractivity contribution in [1.29, 1.82) is 0 Å². The van der Waals surface area contributed by atoms with Crippen LogP contribution in [-0.4, -0.2) is 71.4 Å². The lowest BCUT2D eigenvalue weighted by atomic mass is 9.74. The van der Waals surface area contributed by atoms with Gasteiger partial charge in [0.1, 0.15) is 5.76 Å². The van der Waals surface area contributed by atoms with Gasteiger partial charge >= 0.3 is 12.1 Å². The molecule has 41 heavy (non-hydrogen) atoms. The monoisotopic (exact) mass is 580 g/mol. The number of amides is 1. The highest BCUT2D eigenvalue weighted by atomic mass is 16.7. The Labute approximate surface area is 245 Å². The van der Waals surface area contributed by atoms with Crippen LogP contribution in [0.4, 0.5) is 4.79 Å². The standard InChI is InChI=1S/C30H52N4O7/c1-11-24(35)30(9)25(34(27(37)41-30)15-13-12-14-32-33-31)20(3)16-19(2)18-29(8,38-10)21(4)17-23-22(5)26(36)40-28(6,7)39-23/h19-21,24-25,35H,11-18H2,1-10H3/t19-,20-,21+,24+,25+,29+,30+/m0/s1. The maximum Gasteiger partial charge on any atom is 0.410 e. The molecule has 0 aliphatic carbocycles. The van der Waals surface area contributed by atoms with Crippen LogP contribution in [0.2, 0.25) is 0 Å². The number of hydrogen-bond acceptors (Lipinski definition) is 8. The summed E-state index contributed by atoms with van der Waals surface area (Å²) in [5, 5.41) is 14.5. The molecular formula is C30H52N4O7. The average Bonchev–Trinajstić information content (AvgIpc) is 3.15. The van der Waals surface area contributed by atoms with Crippen molar-refractivity contribution in [2.24, 2.45) is 22.9 Å². The Balaban J connectivity index is 2.18. The zero-order valence-corrected chi connectivity index (χ0v) is 26.7. The average molecular weight is 581 g/mol. The van der Waals surface area contributed by atoms with Gasteiger partial charge in [0, 0.05) is 45.4 Å². The topological polar surface area (TPSA) is 143 Å². The molecule has 1 amide bonds. The third kappa shape index (κ3) is 8.30. The number of hydrogen-bond donors (Lipinski definition) is 1. The van der Waals surface area contributed by atoms with E-state index in [1.165, 1.54) is 0 Å². The number of allylic oxidation sites excluding steroid dienone is 1. The lowest BCUT2D eigenvalue weighted by Gasteiger charge is -2.41. The molecule has 11 nitrogen and oxygen atoms in total. The predicted octanol–water partition coefficient (Wildman–Crippen LogP) is 6.49. The highest BCUT2D eigenvalue weighted by molar-refractivity contribution is 5.89. The van der Waals surface area contributed by atoms with Crippen LogP contribution >= 0.6 is 0 Å². The van der Waals surface area contributed by atoms with Crippen LogP contribution in [0, 0.1) is 17.8 Å². The molecule has 0 saturated carbocycles. The van der Waals surface area contributed by atoms with Crippen LogP contribution in [-0.2, 0) is 23.7 Å². The van der Waals surface area contributed by atoms with Crippen LogP contribution in [0.25, 0.3) is 10.4 Å². The zero-order valence-electron chi connectivity index (χ0n) is 26.7. The first-order chi connectivity index (χ1) is 19.0. The van der Waals surface area contributed by atoms with Gasteiger partial charge < -0.3 is 29.0 Å². The maximum atomic E-state index is 13.0. The van der Waals surface area contributed by atoms with E-state index in [-0.39, 0.29) is 29.8 Å². The van der Waals surface area contributed by atoms with Crippen molar-refractivity contribution in [1.82, 2.24) is 4.90 Å². The van der Waals surface area contributed by atoms with Gasteiger partial charge in [-0.2, -0.15) is 0 Å². The Morgan fingerprint density at radius 2 is 1.83 bits per heavy atom. The summed E-state index contributed by atoms with van der Waals surface area (Å²) in [6, 6.07) is -0.310. The summed E-state index contributed by atoms with van der Waals surface area (Å²) in [6.45, 7) is 18.2. The molecule has 2 aliphatic rings. The molecule has 1 fully saturated rings. The van der Waals surface area contributed by atoms with Gasteiger partial charge in [-0.05, 0) is 76.2 Å². The quantitative estimate of drug-likeness (QED) is 0.0722. The molecule has 234 valence electrons. The summed E-state index contributed by atoms with van der Waals surface area (Å²) in [6.07, 6.45) is 2.65. The first-order valence-electron chi connectivity index (χ1n) is 14.9. The first-order valence-corrected chi connectivity index (χ1v) is 14.9. The van der Waals surface area contributed by atoms with Crippen molar-refractivity contribution in [3.63, 3.8) is 0 Å². The number of azide groups is 1. The van der Waals surface area contributed by atoms with E-state index in [1.807, 2.05) is 13.8 Å². The Kier molecular flexibility index (Phi) is 12.0. The summed E-state index contributed by atoms with van der Waals surface area (Å²) in [5.74, 6) is -0.468. The minimum atomic E-state index is -1.03. The number of unbranched alkanes of at least 4 members (excludes halogenated alkanes) is 1. The minimum Gasteiger partial charge on any atom is -0.457 e. The van der Waals surface area contributed by atoms with Crippen LogP contribution in [0.3, 0.4) is 0 Å². The molecule has 0 spiro atoms. The number of ether oxygens (including phenoxy) is 4. The van der Waals surface area contributed by atoms with Gasteiger partial charge in [0.25, 0.3) is 0 Å². The van der Waals surface area contributed by atoms with E-state index < -0.39 is 29.2 Å². The Hall–Kier alpha value is -2.49. The number of carbonyl (C=O) groups excluding carboxylic acids is 2. The second-order valence-corrected chi connectivity index (χ2v) is 12.9. The lowest BCUT2D eigenvalue weighted by Crippen LogP contribution is -2.54. The normalized spacial score (nSPS) is 26.7. The number of cyclic esters (lactones) is 2. The van der Waals surface area contributed by atoms with E-state index in [4.69, 9.17) is 24.5 Å². The van der Waals surface area contributed by atoms with Gasteiger partial charge in [0.2, 0.25) is 5.79 Å². The Bertz CT molecular complexity index is 1010. The van der Waals surface area contributed by atoms with Crippen molar-refractivity contribution >= 4 is 12.1 Å². The van der Waals surface area contributed by atoms with E-state index in [9.17, 15) is 14.7 Å². The molecule has 0 radical (unpaired) electrons. The van der Waals surface area contributed by atoms with Gasteiger partial charge in [0.15, 0.2) is 5.60 Å². The Morgan fingerprint density at radius 3 is 2.41 bits per heavy atom. The summed E-state index contributed by atoms with van der Waals surface area (Å²) >= 11 is 0. The molecule has 0 unspecified atom stereocenters. The molecule has 7 atom stereocenters. The largest absolute Gasteiger partial charge is 0.457 e. The number of carbonyl (C=O) groups is 2. The van der Waals surface area contributed by atoms with Gasteiger partial charge in [-0.3, -0.25) is 0 Å². The fraction of sp³-hybridized carbons (Fsp3) is 0.867. The van der Waals surface area contributed by atoms with Crippen LogP contribution < -0.4 is 0 Å². The fourth-order valence-electron chi connectivity index (χ4n) is 6.53. The third-order valence-electron chi connectivity index (χ3n) is 8.98. The summed E-state index contributed by atoms with van der Waals surface area (Å²) in [5.41, 5.74) is 7.49. The van der Waals surface area contributed by atoms with Crippen molar-refractivity contribution in [2.45, 2.75) is 130 Å². The van der Waals surface area contributed by atoms with Crippen LogP contribution in [0.5, 0.6) is 0 Å². The van der Waals surface area contributed by atoms with E-state index in [0.29, 0.717) is 50.1 Å². The van der Waals surface area contributed by atoms with E-state index in [2.05, 4.69) is 37.7 Å². The second kappa shape index (κ2) is 14.1. The van der Waals surface area contributed by atoms with Crippen molar-refractivity contribution < 1.29 is 33.6 Å². The molecule has 1 N–H and O–H groups in total. The predicted molar refractivity (Wildman–Crippen MR) is 156 cm³/mol. The van der Waals surface area contributed by atoms with Gasteiger partial charge in [-0.15, -0.1) is 0 Å². The summed E-state index contributed by atoms with van der Waals surface area (Å²) in [4.78, 5) is 29.9. The van der Waals surface area contributed by atoms with Crippen molar-refractivity contribution in [2.75, 3.05) is 20.2 Å². The minimum absolute atomic E-state index is 0.0263. The molecule has 2 heterocycles. The third-order valence-corrected chi connectivity index (χ3v) is 8.98. The smallest absolute Gasteiger partial charge is 0.410 e. The lowest BCUT2D eigenvalue weighted by molar-refractivity contribution is -0.209. The summed E-state index contributed by atoms with van der Waals surface area (Å²) < 4.78 is 23.3. The molecule has 0 aromatic rings. The van der Waals surface area contributed by atoms with Gasteiger partial charge in [-0.25, -0.2) is 9.59 Å². The number of nitrogens with zero attached hydrogens (tertiary/aromatic N) is 4.